The fourth-order valence-electron chi connectivity index (χ4n) is 4.16. The lowest BCUT2D eigenvalue weighted by molar-refractivity contribution is -0.125. The molecule has 1 N–H and O–H groups in total. The van der Waals surface area contributed by atoms with Gasteiger partial charge in [-0.3, -0.25) is 4.79 Å². The molecule has 0 aliphatic carbocycles. The van der Waals surface area contributed by atoms with E-state index in [4.69, 9.17) is 14.2 Å². The van der Waals surface area contributed by atoms with Crippen molar-refractivity contribution in [2.24, 2.45) is 0 Å². The summed E-state index contributed by atoms with van der Waals surface area (Å²) in [6.45, 7) is 0.791. The number of benzene rings is 2. The summed E-state index contributed by atoms with van der Waals surface area (Å²) in [7, 11) is -0.942. The number of rotatable bonds is 6. The third-order valence-corrected chi connectivity index (χ3v) is 7.65. The van der Waals surface area contributed by atoms with Crippen molar-refractivity contribution < 1.29 is 27.4 Å². The summed E-state index contributed by atoms with van der Waals surface area (Å²) in [6, 6.07) is 11.1. The second kappa shape index (κ2) is 8.76. The molecule has 1 amide bonds. The van der Waals surface area contributed by atoms with Crippen LogP contribution < -0.4 is 19.5 Å². The number of fused-ring (bicyclic) bond motifs is 1. The molecule has 2 aliphatic rings. The first-order chi connectivity index (χ1) is 15.0. The van der Waals surface area contributed by atoms with Crippen molar-refractivity contribution in [1.82, 2.24) is 9.62 Å². The van der Waals surface area contributed by atoms with Gasteiger partial charge in [0.05, 0.1) is 31.8 Å². The Morgan fingerprint density at radius 2 is 1.87 bits per heavy atom. The number of para-hydroxylation sites is 1. The van der Waals surface area contributed by atoms with Crippen LogP contribution in [0.4, 0.5) is 0 Å². The zero-order valence-corrected chi connectivity index (χ0v) is 18.4. The van der Waals surface area contributed by atoms with E-state index >= 15 is 0 Å². The summed E-state index contributed by atoms with van der Waals surface area (Å²) >= 11 is 0. The highest BCUT2D eigenvalue weighted by molar-refractivity contribution is 7.89. The minimum Gasteiger partial charge on any atom is -0.493 e. The Hall–Kier alpha value is -2.78. The summed E-state index contributed by atoms with van der Waals surface area (Å²) in [5.41, 5.74) is 0.911. The van der Waals surface area contributed by atoms with E-state index in [1.807, 2.05) is 24.3 Å². The summed E-state index contributed by atoms with van der Waals surface area (Å²) in [4.78, 5) is 13.2. The van der Waals surface area contributed by atoms with E-state index in [0.29, 0.717) is 43.9 Å². The van der Waals surface area contributed by atoms with Gasteiger partial charge < -0.3 is 19.5 Å². The van der Waals surface area contributed by atoms with Gasteiger partial charge in [0.25, 0.3) is 0 Å². The number of sulfonamides is 1. The van der Waals surface area contributed by atoms with E-state index in [2.05, 4.69) is 5.32 Å². The van der Waals surface area contributed by atoms with E-state index in [1.54, 1.807) is 6.07 Å². The molecule has 2 atom stereocenters. The summed E-state index contributed by atoms with van der Waals surface area (Å²) < 4.78 is 44.1. The van der Waals surface area contributed by atoms with Crippen LogP contribution in [0.2, 0.25) is 0 Å². The van der Waals surface area contributed by atoms with Crippen LogP contribution in [-0.2, 0) is 14.8 Å². The quantitative estimate of drug-likeness (QED) is 0.733. The number of carbonyl (C=O) groups is 1. The molecule has 0 saturated carbocycles. The predicted molar refractivity (Wildman–Crippen MR) is 114 cm³/mol. The molecule has 0 spiro atoms. The maximum absolute atomic E-state index is 13.3. The van der Waals surface area contributed by atoms with Crippen molar-refractivity contribution in [2.45, 2.75) is 36.2 Å². The Bertz CT molecular complexity index is 1070. The number of ether oxygens (including phenoxy) is 3. The molecule has 166 valence electrons. The minimum absolute atomic E-state index is 0.0706. The molecule has 0 bridgehead atoms. The number of hydrogen-bond donors (Lipinski definition) is 1. The maximum atomic E-state index is 13.3. The highest BCUT2D eigenvalue weighted by Crippen LogP contribution is 2.34. The van der Waals surface area contributed by atoms with Gasteiger partial charge in [-0.25, -0.2) is 8.42 Å². The summed E-state index contributed by atoms with van der Waals surface area (Å²) in [6.07, 6.45) is 1.73. The third-order valence-electron chi connectivity index (χ3n) is 5.74. The fraction of sp³-hybridized carbons (Fsp3) is 0.409. The smallest absolute Gasteiger partial charge is 0.243 e. The van der Waals surface area contributed by atoms with Gasteiger partial charge in [-0.1, -0.05) is 18.2 Å². The number of hydrogen-bond acceptors (Lipinski definition) is 6. The minimum atomic E-state index is -3.88. The van der Waals surface area contributed by atoms with Crippen LogP contribution in [0.3, 0.4) is 0 Å². The molecule has 2 aromatic carbocycles. The monoisotopic (exact) mass is 446 g/mol. The van der Waals surface area contributed by atoms with Crippen molar-refractivity contribution in [3.63, 3.8) is 0 Å². The van der Waals surface area contributed by atoms with E-state index in [9.17, 15) is 13.2 Å². The van der Waals surface area contributed by atoms with Crippen molar-refractivity contribution in [3.05, 3.63) is 48.0 Å². The Balaban J connectivity index is 1.56. The largest absolute Gasteiger partial charge is 0.493 e. The van der Waals surface area contributed by atoms with Crippen molar-refractivity contribution in [2.75, 3.05) is 27.4 Å². The molecule has 0 aromatic heterocycles. The molecule has 8 nitrogen and oxygen atoms in total. The third kappa shape index (κ3) is 4.07. The zero-order valence-electron chi connectivity index (χ0n) is 17.5. The summed E-state index contributed by atoms with van der Waals surface area (Å²) in [5.74, 6) is 1.22. The second-order valence-corrected chi connectivity index (χ2v) is 9.42. The Morgan fingerprint density at radius 1 is 1.10 bits per heavy atom. The van der Waals surface area contributed by atoms with Crippen LogP contribution in [0.1, 0.15) is 30.9 Å². The van der Waals surface area contributed by atoms with E-state index in [-0.39, 0.29) is 16.8 Å². The van der Waals surface area contributed by atoms with Gasteiger partial charge in [-0.2, -0.15) is 4.31 Å². The number of nitrogens with one attached hydrogen (secondary N) is 1. The van der Waals surface area contributed by atoms with Crippen LogP contribution in [0.15, 0.2) is 47.4 Å². The van der Waals surface area contributed by atoms with Crippen LogP contribution in [-0.4, -0.2) is 52.0 Å². The molecule has 0 radical (unpaired) electrons. The van der Waals surface area contributed by atoms with Crippen molar-refractivity contribution in [3.8, 4) is 17.2 Å². The van der Waals surface area contributed by atoms with Gasteiger partial charge in [-0.05, 0) is 31.0 Å². The Morgan fingerprint density at radius 3 is 2.65 bits per heavy atom. The first kappa shape index (κ1) is 21.5. The topological polar surface area (TPSA) is 94.2 Å². The zero-order chi connectivity index (χ0) is 22.0. The molecule has 31 heavy (non-hydrogen) atoms. The van der Waals surface area contributed by atoms with Crippen molar-refractivity contribution >= 4 is 15.9 Å². The molecule has 2 aromatic rings. The number of amides is 1. The predicted octanol–water partition coefficient (Wildman–Crippen LogP) is 2.50. The average molecular weight is 447 g/mol. The van der Waals surface area contributed by atoms with Gasteiger partial charge in [0.15, 0.2) is 11.5 Å². The van der Waals surface area contributed by atoms with Gasteiger partial charge in [0.2, 0.25) is 15.9 Å². The highest BCUT2D eigenvalue weighted by atomic mass is 32.2. The molecule has 4 rings (SSSR count). The van der Waals surface area contributed by atoms with Crippen LogP contribution in [0.5, 0.6) is 17.2 Å². The number of carbonyl (C=O) groups excluding carboxylic acids is 1. The molecule has 2 heterocycles. The van der Waals surface area contributed by atoms with E-state index < -0.39 is 16.1 Å². The maximum Gasteiger partial charge on any atom is 0.243 e. The van der Waals surface area contributed by atoms with E-state index in [0.717, 1.165) is 11.3 Å². The van der Waals surface area contributed by atoms with Crippen LogP contribution in [0.25, 0.3) is 0 Å². The van der Waals surface area contributed by atoms with Gasteiger partial charge >= 0.3 is 0 Å². The second-order valence-electron chi connectivity index (χ2n) is 7.53. The summed E-state index contributed by atoms with van der Waals surface area (Å²) in [5, 5.41) is 3.04. The lowest BCUT2D eigenvalue weighted by Crippen LogP contribution is -2.47. The molecule has 9 heteroatoms. The first-order valence-electron chi connectivity index (χ1n) is 10.2. The standard InChI is InChI=1S/C22H26N2O6S/c1-28-20-10-9-15(14-21(20)29-2)31(26,27)24-12-5-7-18(24)22(25)23-17-11-13-30-19-8-4-3-6-16(17)19/h3-4,6,8-10,14,17-18H,5,7,11-13H2,1-2H3,(H,23,25). The normalized spacial score (nSPS) is 21.1. The molecule has 2 aliphatic heterocycles. The SMILES string of the molecule is COc1ccc(S(=O)(=O)N2CCCC2C(=O)NC2CCOc3ccccc32)cc1OC. The lowest BCUT2D eigenvalue weighted by Gasteiger charge is -2.29. The van der Waals surface area contributed by atoms with E-state index in [1.165, 1.54) is 30.7 Å². The van der Waals surface area contributed by atoms with Crippen molar-refractivity contribution in [1.29, 1.82) is 0 Å². The fourth-order valence-corrected chi connectivity index (χ4v) is 5.83. The van der Waals surface area contributed by atoms with Gasteiger partial charge in [0, 0.05) is 24.6 Å². The van der Waals surface area contributed by atoms with Gasteiger partial charge in [0.1, 0.15) is 11.8 Å². The van der Waals surface area contributed by atoms with Gasteiger partial charge in [-0.15, -0.1) is 0 Å². The number of methoxy groups -OCH3 is 2. The van der Waals surface area contributed by atoms with Crippen LogP contribution >= 0.6 is 0 Å². The first-order valence-corrected chi connectivity index (χ1v) is 11.7. The van der Waals surface area contributed by atoms with Crippen LogP contribution in [0, 0.1) is 0 Å². The number of nitrogens with zero attached hydrogens (tertiary/aromatic N) is 1. The molecule has 1 fully saturated rings. The molecule has 2 unspecified atom stereocenters. The average Bonchev–Trinajstić information content (AvgIpc) is 3.30. The highest BCUT2D eigenvalue weighted by Gasteiger charge is 2.40. The Kier molecular flexibility index (Phi) is 6.06. The lowest BCUT2D eigenvalue weighted by atomic mass is 10.00. The molecule has 1 saturated heterocycles. The Labute approximate surface area is 182 Å². The molecular weight excluding hydrogens is 420 g/mol. The molecular formula is C22H26N2O6S.